The molecule has 96 valence electrons. The molecule has 1 saturated carbocycles. The average molecular weight is 246 g/mol. The van der Waals surface area contributed by atoms with Crippen molar-refractivity contribution in [2.45, 2.75) is 32.1 Å². The zero-order chi connectivity index (χ0) is 12.8. The van der Waals surface area contributed by atoms with Crippen LogP contribution in [0.15, 0.2) is 24.5 Å². The highest BCUT2D eigenvalue weighted by Gasteiger charge is 2.24. The molecule has 1 amide bonds. The number of amides is 1. The molecule has 0 radical (unpaired) electrons. The molecule has 0 spiro atoms. The van der Waals surface area contributed by atoms with Crippen molar-refractivity contribution in [3.8, 4) is 0 Å². The fraction of sp³-hybridized carbons (Fsp3) is 0.500. The highest BCUT2D eigenvalue weighted by Crippen LogP contribution is 2.21. The zero-order valence-electron chi connectivity index (χ0n) is 10.4. The molecular weight excluding hydrogens is 228 g/mol. The third-order valence-electron chi connectivity index (χ3n) is 3.38. The quantitative estimate of drug-likeness (QED) is 0.875. The van der Waals surface area contributed by atoms with Gasteiger partial charge in [0.25, 0.3) is 0 Å². The number of nitrogens with one attached hydrogen (secondary N) is 1. The van der Waals surface area contributed by atoms with Crippen LogP contribution in [0.1, 0.15) is 31.2 Å². The second-order valence-electron chi connectivity index (χ2n) is 4.71. The number of Topliss-reactive ketones (excluding diaryl/α,β-unsaturated/α-hetero) is 1. The Hall–Kier alpha value is -1.71. The van der Waals surface area contributed by atoms with Crippen LogP contribution in [0, 0.1) is 5.92 Å². The fourth-order valence-corrected chi connectivity index (χ4v) is 2.23. The van der Waals surface area contributed by atoms with E-state index >= 15 is 0 Å². The molecule has 1 N–H and O–H groups in total. The van der Waals surface area contributed by atoms with Crippen LogP contribution in [0.25, 0.3) is 0 Å². The number of nitrogens with zero attached hydrogens (tertiary/aromatic N) is 1. The van der Waals surface area contributed by atoms with Gasteiger partial charge in [-0.1, -0.05) is 0 Å². The van der Waals surface area contributed by atoms with Crippen molar-refractivity contribution in [1.29, 1.82) is 0 Å². The van der Waals surface area contributed by atoms with Crippen molar-refractivity contribution >= 4 is 11.7 Å². The van der Waals surface area contributed by atoms with Gasteiger partial charge in [-0.2, -0.15) is 0 Å². The van der Waals surface area contributed by atoms with Crippen LogP contribution >= 0.6 is 0 Å². The van der Waals surface area contributed by atoms with Gasteiger partial charge in [0.2, 0.25) is 5.91 Å². The third-order valence-corrected chi connectivity index (χ3v) is 3.38. The summed E-state index contributed by atoms with van der Waals surface area (Å²) in [6, 6.07) is 3.90. The Balaban J connectivity index is 1.70. The number of carbonyl (C=O) groups excluding carboxylic acids is 2. The minimum Gasteiger partial charge on any atom is -0.356 e. The van der Waals surface area contributed by atoms with Crippen molar-refractivity contribution in [3.05, 3.63) is 30.1 Å². The molecule has 1 fully saturated rings. The standard InChI is InChI=1S/C14H18N2O2/c17-13-3-1-12(2-4-13)14(18)16-10-7-11-5-8-15-9-6-11/h5-6,8-9,12H,1-4,7,10H2,(H,16,18). The van der Waals surface area contributed by atoms with Crippen LogP contribution in [-0.4, -0.2) is 23.2 Å². The number of hydrogen-bond acceptors (Lipinski definition) is 3. The van der Waals surface area contributed by atoms with E-state index in [1.165, 1.54) is 5.56 Å². The van der Waals surface area contributed by atoms with Gasteiger partial charge in [0.1, 0.15) is 5.78 Å². The zero-order valence-corrected chi connectivity index (χ0v) is 10.4. The minimum atomic E-state index is 0.0279. The monoisotopic (exact) mass is 246 g/mol. The lowest BCUT2D eigenvalue weighted by atomic mass is 9.88. The van der Waals surface area contributed by atoms with E-state index in [4.69, 9.17) is 0 Å². The van der Waals surface area contributed by atoms with Gasteiger partial charge in [-0.3, -0.25) is 14.6 Å². The Bertz CT molecular complexity index is 407. The van der Waals surface area contributed by atoms with Gasteiger partial charge in [0.05, 0.1) is 0 Å². The molecule has 1 aliphatic rings. The maximum atomic E-state index is 11.9. The number of ketones is 1. The van der Waals surface area contributed by atoms with E-state index in [1.807, 2.05) is 12.1 Å². The third kappa shape index (κ3) is 3.65. The Kier molecular flexibility index (Phi) is 4.45. The van der Waals surface area contributed by atoms with Crippen molar-refractivity contribution < 1.29 is 9.59 Å². The summed E-state index contributed by atoms with van der Waals surface area (Å²) in [4.78, 5) is 26.9. The molecular formula is C14H18N2O2. The molecule has 4 nitrogen and oxygen atoms in total. The summed E-state index contributed by atoms with van der Waals surface area (Å²) < 4.78 is 0. The smallest absolute Gasteiger partial charge is 0.223 e. The molecule has 2 rings (SSSR count). The predicted molar refractivity (Wildman–Crippen MR) is 67.9 cm³/mol. The number of pyridine rings is 1. The van der Waals surface area contributed by atoms with Gasteiger partial charge in [0.15, 0.2) is 0 Å². The minimum absolute atomic E-state index is 0.0279. The Morgan fingerprint density at radius 1 is 1.28 bits per heavy atom. The Morgan fingerprint density at radius 3 is 2.61 bits per heavy atom. The second-order valence-corrected chi connectivity index (χ2v) is 4.71. The summed E-state index contributed by atoms with van der Waals surface area (Å²) in [5.41, 5.74) is 1.17. The van der Waals surface area contributed by atoms with Crippen LogP contribution in [0.4, 0.5) is 0 Å². The molecule has 1 heterocycles. The number of hydrogen-bond donors (Lipinski definition) is 1. The topological polar surface area (TPSA) is 59.1 Å². The van der Waals surface area contributed by atoms with E-state index < -0.39 is 0 Å². The van der Waals surface area contributed by atoms with Crippen molar-refractivity contribution in [3.63, 3.8) is 0 Å². The first-order valence-corrected chi connectivity index (χ1v) is 6.44. The highest BCUT2D eigenvalue weighted by atomic mass is 16.2. The van der Waals surface area contributed by atoms with Gasteiger partial charge in [-0.25, -0.2) is 0 Å². The van der Waals surface area contributed by atoms with E-state index in [-0.39, 0.29) is 17.6 Å². The summed E-state index contributed by atoms with van der Waals surface area (Å²) in [6.07, 6.45) is 6.86. The number of carbonyl (C=O) groups is 2. The largest absolute Gasteiger partial charge is 0.356 e. The number of rotatable bonds is 4. The molecule has 0 aliphatic heterocycles. The van der Waals surface area contributed by atoms with Gasteiger partial charge < -0.3 is 5.32 Å². The lowest BCUT2D eigenvalue weighted by Crippen LogP contribution is -2.34. The molecule has 1 aromatic rings. The molecule has 18 heavy (non-hydrogen) atoms. The van der Waals surface area contributed by atoms with Crippen molar-refractivity contribution in [2.75, 3.05) is 6.54 Å². The summed E-state index contributed by atoms with van der Waals surface area (Å²) in [7, 11) is 0. The maximum Gasteiger partial charge on any atom is 0.223 e. The SMILES string of the molecule is O=C1CCC(C(=O)NCCc2ccncc2)CC1. The molecule has 0 bridgehead atoms. The summed E-state index contributed by atoms with van der Waals surface area (Å²) >= 11 is 0. The Morgan fingerprint density at radius 2 is 1.94 bits per heavy atom. The molecule has 4 heteroatoms. The molecule has 0 atom stereocenters. The van der Waals surface area contributed by atoms with Crippen molar-refractivity contribution in [1.82, 2.24) is 10.3 Å². The van der Waals surface area contributed by atoms with Gasteiger partial charge in [-0.15, -0.1) is 0 Å². The van der Waals surface area contributed by atoms with E-state index in [0.29, 0.717) is 32.2 Å². The molecule has 0 aromatic carbocycles. The predicted octanol–water partition coefficient (Wildman–Crippen LogP) is 1.50. The van der Waals surface area contributed by atoms with E-state index in [9.17, 15) is 9.59 Å². The maximum absolute atomic E-state index is 11.9. The first kappa shape index (κ1) is 12.7. The van der Waals surface area contributed by atoms with Gasteiger partial charge in [0, 0.05) is 37.7 Å². The van der Waals surface area contributed by atoms with Crippen LogP contribution in [0.5, 0.6) is 0 Å². The lowest BCUT2D eigenvalue weighted by molar-refractivity contribution is -0.128. The van der Waals surface area contributed by atoms with Crippen LogP contribution in [-0.2, 0) is 16.0 Å². The molecule has 1 aromatic heterocycles. The van der Waals surface area contributed by atoms with Gasteiger partial charge >= 0.3 is 0 Å². The normalized spacial score (nSPS) is 16.6. The fourth-order valence-electron chi connectivity index (χ4n) is 2.23. The van der Waals surface area contributed by atoms with Gasteiger partial charge in [-0.05, 0) is 37.0 Å². The first-order valence-electron chi connectivity index (χ1n) is 6.44. The number of aromatic nitrogens is 1. The summed E-state index contributed by atoms with van der Waals surface area (Å²) in [5.74, 6) is 0.410. The van der Waals surface area contributed by atoms with Crippen molar-refractivity contribution in [2.24, 2.45) is 5.92 Å². The Labute approximate surface area is 107 Å². The van der Waals surface area contributed by atoms with E-state index in [1.54, 1.807) is 12.4 Å². The second kappa shape index (κ2) is 6.28. The first-order chi connectivity index (χ1) is 8.75. The average Bonchev–Trinajstić information content (AvgIpc) is 2.40. The van der Waals surface area contributed by atoms with E-state index in [2.05, 4.69) is 10.3 Å². The highest BCUT2D eigenvalue weighted by molar-refractivity contribution is 5.84. The molecule has 1 aliphatic carbocycles. The lowest BCUT2D eigenvalue weighted by Gasteiger charge is -2.20. The molecule has 0 unspecified atom stereocenters. The summed E-state index contributed by atoms with van der Waals surface area (Å²) in [6.45, 7) is 0.646. The summed E-state index contributed by atoms with van der Waals surface area (Å²) in [5, 5.41) is 2.95. The van der Waals surface area contributed by atoms with Crippen LogP contribution < -0.4 is 5.32 Å². The van der Waals surface area contributed by atoms with Crippen LogP contribution in [0.2, 0.25) is 0 Å². The molecule has 0 saturated heterocycles. The van der Waals surface area contributed by atoms with Crippen LogP contribution in [0.3, 0.4) is 0 Å². The van der Waals surface area contributed by atoms with E-state index in [0.717, 1.165) is 6.42 Å².